The Labute approximate surface area is 136 Å². The molecule has 0 aliphatic carbocycles. The van der Waals surface area contributed by atoms with Gasteiger partial charge < -0.3 is 4.42 Å². The molecule has 0 saturated carbocycles. The minimum atomic E-state index is -3.66. The molecule has 0 unspecified atom stereocenters. The zero-order chi connectivity index (χ0) is 16.9. The van der Waals surface area contributed by atoms with Crippen molar-refractivity contribution in [2.75, 3.05) is 0 Å². The van der Waals surface area contributed by atoms with E-state index in [0.717, 1.165) is 5.56 Å². The molecule has 1 aromatic carbocycles. The smallest absolute Gasteiger partial charge is 0.276 e. The fourth-order valence-electron chi connectivity index (χ4n) is 1.85. The number of furan rings is 1. The van der Waals surface area contributed by atoms with Gasteiger partial charge in [0.2, 0.25) is 0 Å². The van der Waals surface area contributed by atoms with E-state index < -0.39 is 10.0 Å². The lowest BCUT2D eigenvalue weighted by molar-refractivity contribution is 0.557. The Balaban J connectivity index is 2.01. The lowest BCUT2D eigenvalue weighted by atomic mass is 9.87. The van der Waals surface area contributed by atoms with Crippen LogP contribution in [0, 0.1) is 0 Å². The molecule has 0 saturated heterocycles. The van der Waals surface area contributed by atoms with Gasteiger partial charge in [-0.1, -0.05) is 32.9 Å². The Morgan fingerprint density at radius 1 is 1.13 bits per heavy atom. The number of hydrogen-bond acceptors (Lipinski definition) is 4. The van der Waals surface area contributed by atoms with Crippen molar-refractivity contribution in [3.05, 3.63) is 60.1 Å². The van der Waals surface area contributed by atoms with Gasteiger partial charge >= 0.3 is 0 Å². The number of nitrogens with zero attached hydrogens (tertiary/aromatic N) is 1. The predicted octanol–water partition coefficient (Wildman–Crippen LogP) is 3.55. The maximum absolute atomic E-state index is 12.1. The summed E-state index contributed by atoms with van der Waals surface area (Å²) >= 11 is 0. The number of hydrogen-bond donors (Lipinski definition) is 1. The molecule has 23 heavy (non-hydrogen) atoms. The molecule has 2 rings (SSSR count). The summed E-state index contributed by atoms with van der Waals surface area (Å²) < 4.78 is 29.3. The van der Waals surface area contributed by atoms with Gasteiger partial charge in [0.1, 0.15) is 5.76 Å². The molecule has 1 heterocycles. The summed E-state index contributed by atoms with van der Waals surface area (Å²) in [5.41, 5.74) is 1.05. The van der Waals surface area contributed by atoms with Gasteiger partial charge in [0.25, 0.3) is 10.0 Å². The van der Waals surface area contributed by atoms with Gasteiger partial charge in [-0.15, -0.1) is 0 Å². The number of allylic oxidation sites excluding steroid dienone is 1. The van der Waals surface area contributed by atoms with Crippen LogP contribution in [0.5, 0.6) is 0 Å². The summed E-state index contributed by atoms with van der Waals surface area (Å²) in [6.45, 7) is 6.22. The average Bonchev–Trinajstić information content (AvgIpc) is 2.99. The van der Waals surface area contributed by atoms with Crippen molar-refractivity contribution in [3.8, 4) is 0 Å². The summed E-state index contributed by atoms with van der Waals surface area (Å²) in [7, 11) is -3.66. The number of sulfonamides is 1. The van der Waals surface area contributed by atoms with Gasteiger partial charge in [0.15, 0.2) is 0 Å². The van der Waals surface area contributed by atoms with Crippen LogP contribution in [0.2, 0.25) is 0 Å². The number of benzene rings is 1. The van der Waals surface area contributed by atoms with Gasteiger partial charge in [-0.3, -0.25) is 0 Å². The Morgan fingerprint density at radius 2 is 1.83 bits per heavy atom. The lowest BCUT2D eigenvalue weighted by Gasteiger charge is -2.19. The Kier molecular flexibility index (Phi) is 5.05. The molecule has 0 spiro atoms. The van der Waals surface area contributed by atoms with E-state index in [-0.39, 0.29) is 10.3 Å². The van der Waals surface area contributed by atoms with Gasteiger partial charge in [0, 0.05) is 6.21 Å². The SMILES string of the molecule is CC(C)(C)c1ccc(S(=O)(=O)NN=CC=Cc2ccco2)cc1. The normalized spacial score (nSPS) is 13.0. The molecule has 2 aromatic rings. The van der Waals surface area contributed by atoms with Crippen molar-refractivity contribution in [1.82, 2.24) is 4.83 Å². The number of hydrazone groups is 1. The van der Waals surface area contributed by atoms with Crippen LogP contribution in [0.1, 0.15) is 32.1 Å². The van der Waals surface area contributed by atoms with Crippen LogP contribution >= 0.6 is 0 Å². The van der Waals surface area contributed by atoms with Crippen molar-refractivity contribution in [3.63, 3.8) is 0 Å². The van der Waals surface area contributed by atoms with Crippen LogP contribution in [0.25, 0.3) is 6.08 Å². The Hall–Kier alpha value is -2.34. The molecule has 0 bridgehead atoms. The second-order valence-electron chi connectivity index (χ2n) is 6.02. The highest BCUT2D eigenvalue weighted by molar-refractivity contribution is 7.89. The van der Waals surface area contributed by atoms with E-state index in [4.69, 9.17) is 4.42 Å². The van der Waals surface area contributed by atoms with Gasteiger partial charge in [0.05, 0.1) is 11.2 Å². The minimum Gasteiger partial charge on any atom is -0.465 e. The number of nitrogens with one attached hydrogen (secondary N) is 1. The first-order valence-corrected chi connectivity index (χ1v) is 8.63. The van der Waals surface area contributed by atoms with E-state index >= 15 is 0 Å². The van der Waals surface area contributed by atoms with Crippen LogP contribution in [0.4, 0.5) is 0 Å². The Bertz CT molecular complexity index is 781. The molecule has 0 aliphatic rings. The topological polar surface area (TPSA) is 71.7 Å². The second-order valence-corrected chi connectivity index (χ2v) is 7.68. The highest BCUT2D eigenvalue weighted by atomic mass is 32.2. The second kappa shape index (κ2) is 6.83. The van der Waals surface area contributed by atoms with Crippen molar-refractivity contribution >= 4 is 22.3 Å². The quantitative estimate of drug-likeness (QED) is 0.672. The van der Waals surface area contributed by atoms with Crippen molar-refractivity contribution < 1.29 is 12.8 Å². The molecule has 0 fully saturated rings. The standard InChI is InChI=1S/C17H20N2O3S/c1-17(2,3)14-8-10-16(11-9-14)23(20,21)19-18-12-4-6-15-7-5-13-22-15/h4-13,19H,1-3H3. The van der Waals surface area contributed by atoms with Gasteiger partial charge in [-0.05, 0) is 47.4 Å². The molecule has 6 heteroatoms. The third-order valence-electron chi connectivity index (χ3n) is 3.17. The molecule has 0 aliphatic heterocycles. The first-order valence-electron chi connectivity index (χ1n) is 7.15. The molecule has 1 aromatic heterocycles. The largest absolute Gasteiger partial charge is 0.465 e. The summed E-state index contributed by atoms with van der Waals surface area (Å²) in [6, 6.07) is 10.3. The summed E-state index contributed by atoms with van der Waals surface area (Å²) in [5.74, 6) is 0.664. The van der Waals surface area contributed by atoms with E-state index in [1.165, 1.54) is 6.21 Å². The summed E-state index contributed by atoms with van der Waals surface area (Å²) in [4.78, 5) is 2.35. The summed E-state index contributed by atoms with van der Waals surface area (Å²) in [6.07, 6.45) is 6.17. The third kappa shape index (κ3) is 4.82. The third-order valence-corrected chi connectivity index (χ3v) is 4.41. The van der Waals surface area contributed by atoms with E-state index in [0.29, 0.717) is 5.76 Å². The average molecular weight is 332 g/mol. The zero-order valence-corrected chi connectivity index (χ0v) is 14.2. The molecule has 122 valence electrons. The minimum absolute atomic E-state index is 0.0233. The first kappa shape index (κ1) is 17.0. The van der Waals surface area contributed by atoms with E-state index in [2.05, 4.69) is 30.7 Å². The van der Waals surface area contributed by atoms with Crippen LogP contribution in [0.3, 0.4) is 0 Å². The first-order chi connectivity index (χ1) is 10.8. The van der Waals surface area contributed by atoms with Crippen molar-refractivity contribution in [1.29, 1.82) is 0 Å². The monoisotopic (exact) mass is 332 g/mol. The maximum atomic E-state index is 12.1. The Morgan fingerprint density at radius 3 is 2.39 bits per heavy atom. The van der Waals surface area contributed by atoms with Crippen LogP contribution in [-0.4, -0.2) is 14.6 Å². The molecule has 0 radical (unpaired) electrons. The van der Waals surface area contributed by atoms with Gasteiger partial charge in [-0.25, -0.2) is 4.83 Å². The highest BCUT2D eigenvalue weighted by Gasteiger charge is 2.16. The van der Waals surface area contributed by atoms with Gasteiger partial charge in [-0.2, -0.15) is 13.5 Å². The molecule has 0 amide bonds. The van der Waals surface area contributed by atoms with Crippen molar-refractivity contribution in [2.45, 2.75) is 31.1 Å². The van der Waals surface area contributed by atoms with Crippen LogP contribution < -0.4 is 4.83 Å². The fraction of sp³-hybridized carbons (Fsp3) is 0.235. The summed E-state index contributed by atoms with van der Waals surface area (Å²) in [5, 5.41) is 3.70. The maximum Gasteiger partial charge on any atom is 0.276 e. The van der Waals surface area contributed by atoms with E-state index in [1.807, 2.05) is 12.1 Å². The fourth-order valence-corrected chi connectivity index (χ4v) is 2.65. The lowest BCUT2D eigenvalue weighted by Crippen LogP contribution is -2.18. The van der Waals surface area contributed by atoms with Crippen LogP contribution in [-0.2, 0) is 15.4 Å². The highest BCUT2D eigenvalue weighted by Crippen LogP contribution is 2.23. The molecule has 1 N–H and O–H groups in total. The van der Waals surface area contributed by atoms with Crippen molar-refractivity contribution in [2.24, 2.45) is 5.10 Å². The van der Waals surface area contributed by atoms with Crippen LogP contribution in [0.15, 0.2) is 63.2 Å². The van der Waals surface area contributed by atoms with E-state index in [1.54, 1.807) is 42.7 Å². The number of rotatable bonds is 5. The molecule has 0 atom stereocenters. The zero-order valence-electron chi connectivity index (χ0n) is 13.4. The molecular weight excluding hydrogens is 312 g/mol. The van der Waals surface area contributed by atoms with E-state index in [9.17, 15) is 8.42 Å². The molecule has 5 nitrogen and oxygen atoms in total. The molecular formula is C17H20N2O3S. The predicted molar refractivity (Wildman–Crippen MR) is 91.7 cm³/mol.